The lowest BCUT2D eigenvalue weighted by molar-refractivity contribution is -0.215. The fourth-order valence-corrected chi connectivity index (χ4v) is 2.13. The summed E-state index contributed by atoms with van der Waals surface area (Å²) in [6.07, 6.45) is 5.08. The molecule has 1 aliphatic heterocycles. The highest BCUT2D eigenvalue weighted by Crippen LogP contribution is 2.40. The van der Waals surface area contributed by atoms with Crippen LogP contribution in [0.4, 0.5) is 0 Å². The van der Waals surface area contributed by atoms with Crippen molar-refractivity contribution < 1.29 is 14.9 Å². The normalized spacial score (nSPS) is 40.8. The van der Waals surface area contributed by atoms with Crippen molar-refractivity contribution in [3.05, 3.63) is 11.6 Å². The lowest BCUT2D eigenvalue weighted by atomic mass is 9.90. The van der Waals surface area contributed by atoms with Crippen LogP contribution in [0.2, 0.25) is 0 Å². The number of rotatable bonds is 1. The Morgan fingerprint density at radius 2 is 2.42 bits per heavy atom. The van der Waals surface area contributed by atoms with Gasteiger partial charge in [-0.3, -0.25) is 0 Å². The molecular formula is C9H14O3. The summed E-state index contributed by atoms with van der Waals surface area (Å²) in [6.45, 7) is 0.231. The first kappa shape index (κ1) is 8.23. The number of aliphatic hydroxyl groups excluding tert-OH is 1. The summed E-state index contributed by atoms with van der Waals surface area (Å²) in [5, 5.41) is 18.8. The van der Waals surface area contributed by atoms with Crippen LogP contribution in [-0.4, -0.2) is 29.2 Å². The lowest BCUT2D eigenvalue weighted by Gasteiger charge is -2.36. The molecule has 0 aromatic rings. The van der Waals surface area contributed by atoms with Crippen LogP contribution in [-0.2, 0) is 4.74 Å². The topological polar surface area (TPSA) is 49.7 Å². The van der Waals surface area contributed by atoms with E-state index in [1.54, 1.807) is 0 Å². The molecule has 2 unspecified atom stereocenters. The molecule has 1 heterocycles. The van der Waals surface area contributed by atoms with Gasteiger partial charge in [0.2, 0.25) is 5.79 Å². The average molecular weight is 170 g/mol. The van der Waals surface area contributed by atoms with Crippen LogP contribution in [0.25, 0.3) is 0 Å². The highest BCUT2D eigenvalue weighted by Gasteiger charge is 2.41. The Labute approximate surface area is 71.7 Å². The van der Waals surface area contributed by atoms with E-state index in [0.29, 0.717) is 12.5 Å². The van der Waals surface area contributed by atoms with Gasteiger partial charge in [-0.25, -0.2) is 0 Å². The molecule has 0 amide bonds. The zero-order valence-electron chi connectivity index (χ0n) is 6.99. The molecule has 0 radical (unpaired) electrons. The number of fused-ring (bicyclic) bond motifs is 1. The molecule has 3 heteroatoms. The summed E-state index contributed by atoms with van der Waals surface area (Å²) in [6, 6.07) is 0. The third kappa shape index (κ3) is 1.09. The summed E-state index contributed by atoms with van der Waals surface area (Å²) >= 11 is 0. The van der Waals surface area contributed by atoms with Crippen LogP contribution in [0.5, 0.6) is 0 Å². The smallest absolute Gasteiger partial charge is 0.212 e. The van der Waals surface area contributed by atoms with E-state index in [-0.39, 0.29) is 6.61 Å². The zero-order chi connectivity index (χ0) is 8.60. The van der Waals surface area contributed by atoms with Crippen molar-refractivity contribution >= 4 is 0 Å². The molecule has 2 N–H and O–H groups in total. The van der Waals surface area contributed by atoms with Gasteiger partial charge in [-0.05, 0) is 30.8 Å². The maximum Gasteiger partial charge on any atom is 0.212 e. The molecule has 0 aromatic heterocycles. The lowest BCUT2D eigenvalue weighted by Crippen LogP contribution is -2.44. The van der Waals surface area contributed by atoms with Crippen molar-refractivity contribution in [1.29, 1.82) is 0 Å². The predicted molar refractivity (Wildman–Crippen MR) is 43.4 cm³/mol. The van der Waals surface area contributed by atoms with Crippen molar-refractivity contribution in [1.82, 2.24) is 0 Å². The summed E-state index contributed by atoms with van der Waals surface area (Å²) in [4.78, 5) is 0. The predicted octanol–water partition coefficient (Wildman–Crippen LogP) is 0.424. The summed E-state index contributed by atoms with van der Waals surface area (Å²) in [5.74, 6) is -0.921. The van der Waals surface area contributed by atoms with Crippen molar-refractivity contribution in [3.63, 3.8) is 0 Å². The second-order valence-corrected chi connectivity index (χ2v) is 3.51. The summed E-state index contributed by atoms with van der Waals surface area (Å²) in [7, 11) is 0. The first-order valence-corrected chi connectivity index (χ1v) is 4.44. The van der Waals surface area contributed by atoms with Crippen LogP contribution in [0.15, 0.2) is 11.6 Å². The Kier molecular flexibility index (Phi) is 1.94. The number of ether oxygens (including phenoxy) is 1. The third-order valence-electron chi connectivity index (χ3n) is 2.79. The molecule has 12 heavy (non-hydrogen) atoms. The van der Waals surface area contributed by atoms with Crippen molar-refractivity contribution in [3.8, 4) is 0 Å². The number of hydrogen-bond donors (Lipinski definition) is 2. The minimum Gasteiger partial charge on any atom is -0.390 e. The molecular weight excluding hydrogens is 156 g/mol. The first-order valence-electron chi connectivity index (χ1n) is 4.44. The van der Waals surface area contributed by atoms with Crippen molar-refractivity contribution in [2.45, 2.75) is 25.0 Å². The molecule has 1 aliphatic carbocycles. The molecule has 0 aromatic carbocycles. The van der Waals surface area contributed by atoms with E-state index in [1.165, 1.54) is 0 Å². The molecule has 1 fully saturated rings. The van der Waals surface area contributed by atoms with Crippen LogP contribution in [0.1, 0.15) is 19.3 Å². The fraction of sp³-hybridized carbons (Fsp3) is 0.778. The van der Waals surface area contributed by atoms with E-state index < -0.39 is 5.79 Å². The molecule has 68 valence electrons. The fourth-order valence-electron chi connectivity index (χ4n) is 2.13. The van der Waals surface area contributed by atoms with Crippen LogP contribution in [0.3, 0.4) is 0 Å². The minimum atomic E-state index is -1.36. The van der Waals surface area contributed by atoms with Gasteiger partial charge >= 0.3 is 0 Å². The molecule has 2 rings (SSSR count). The Bertz CT molecular complexity index is 212. The average Bonchev–Trinajstić information content (AvgIpc) is 2.54. The van der Waals surface area contributed by atoms with Gasteiger partial charge in [0.25, 0.3) is 0 Å². The standard InChI is InChI=1S/C9H14O3/c10-6-9(11)8-3-1-2-7(8)4-5-12-9/h3,7,10-11H,1-2,4-6H2. The van der Waals surface area contributed by atoms with Crippen LogP contribution >= 0.6 is 0 Å². The molecule has 0 saturated carbocycles. The molecule has 3 nitrogen and oxygen atoms in total. The van der Waals surface area contributed by atoms with Crippen molar-refractivity contribution in [2.24, 2.45) is 5.92 Å². The molecule has 0 spiro atoms. The number of aliphatic hydroxyl groups is 2. The maximum atomic E-state index is 9.81. The van der Waals surface area contributed by atoms with Gasteiger partial charge < -0.3 is 14.9 Å². The van der Waals surface area contributed by atoms with Crippen LogP contribution < -0.4 is 0 Å². The Hall–Kier alpha value is -0.380. The van der Waals surface area contributed by atoms with Crippen LogP contribution in [0, 0.1) is 5.92 Å². The van der Waals surface area contributed by atoms with E-state index in [1.807, 2.05) is 6.08 Å². The van der Waals surface area contributed by atoms with E-state index in [2.05, 4.69) is 0 Å². The van der Waals surface area contributed by atoms with E-state index >= 15 is 0 Å². The monoisotopic (exact) mass is 170 g/mol. The van der Waals surface area contributed by atoms with E-state index in [0.717, 1.165) is 24.8 Å². The Morgan fingerprint density at radius 1 is 1.58 bits per heavy atom. The molecule has 2 aliphatic rings. The van der Waals surface area contributed by atoms with Crippen molar-refractivity contribution in [2.75, 3.05) is 13.2 Å². The summed E-state index contributed by atoms with van der Waals surface area (Å²) < 4.78 is 5.17. The number of hydrogen-bond acceptors (Lipinski definition) is 3. The quantitative estimate of drug-likeness (QED) is 0.561. The van der Waals surface area contributed by atoms with E-state index in [9.17, 15) is 5.11 Å². The van der Waals surface area contributed by atoms with Gasteiger partial charge in [-0.1, -0.05) is 6.08 Å². The minimum absolute atomic E-state index is 0.324. The van der Waals surface area contributed by atoms with Gasteiger partial charge in [-0.15, -0.1) is 0 Å². The maximum absolute atomic E-state index is 9.81. The largest absolute Gasteiger partial charge is 0.390 e. The van der Waals surface area contributed by atoms with E-state index in [4.69, 9.17) is 9.84 Å². The summed E-state index contributed by atoms with van der Waals surface area (Å²) in [5.41, 5.74) is 0.899. The Morgan fingerprint density at radius 3 is 3.17 bits per heavy atom. The third-order valence-corrected chi connectivity index (χ3v) is 2.79. The SMILES string of the molecule is OCC1(O)OCCC2CCC=C21. The molecule has 1 saturated heterocycles. The second-order valence-electron chi connectivity index (χ2n) is 3.51. The highest BCUT2D eigenvalue weighted by atomic mass is 16.6. The van der Waals surface area contributed by atoms with Gasteiger partial charge in [0.1, 0.15) is 6.61 Å². The zero-order valence-corrected chi connectivity index (χ0v) is 6.99. The first-order chi connectivity index (χ1) is 5.76. The van der Waals surface area contributed by atoms with Gasteiger partial charge in [0.05, 0.1) is 6.61 Å². The second kappa shape index (κ2) is 2.83. The Balaban J connectivity index is 2.23. The van der Waals surface area contributed by atoms with Gasteiger partial charge in [-0.2, -0.15) is 0 Å². The molecule has 0 bridgehead atoms. The van der Waals surface area contributed by atoms with Gasteiger partial charge in [0, 0.05) is 0 Å². The highest BCUT2D eigenvalue weighted by molar-refractivity contribution is 5.22. The van der Waals surface area contributed by atoms with Gasteiger partial charge in [0.15, 0.2) is 0 Å². The number of allylic oxidation sites excluding steroid dienone is 1. The molecule has 2 atom stereocenters.